The first-order chi connectivity index (χ1) is 7.19. The van der Waals surface area contributed by atoms with Gasteiger partial charge in [-0.15, -0.1) is 6.42 Å². The smallest absolute Gasteiger partial charge is 0.0728 e. The summed E-state index contributed by atoms with van der Waals surface area (Å²) in [5.41, 5.74) is 0.907. The number of halogens is 2. The Hall–Kier alpha value is -0.680. The summed E-state index contributed by atoms with van der Waals surface area (Å²) in [7, 11) is 0. The van der Waals surface area contributed by atoms with E-state index in [9.17, 15) is 0 Å². The van der Waals surface area contributed by atoms with Crippen LogP contribution < -0.4 is 5.32 Å². The molecule has 0 saturated carbocycles. The molecule has 1 N–H and O–H groups in total. The number of hydrogen-bond donors (Lipinski definition) is 1. The summed E-state index contributed by atoms with van der Waals surface area (Å²) < 4.78 is 0. The van der Waals surface area contributed by atoms with Crippen LogP contribution in [-0.2, 0) is 6.42 Å². The van der Waals surface area contributed by atoms with Gasteiger partial charge in [0.25, 0.3) is 0 Å². The first-order valence-corrected chi connectivity index (χ1v) is 5.57. The fourth-order valence-electron chi connectivity index (χ4n) is 1.37. The van der Waals surface area contributed by atoms with E-state index in [4.69, 9.17) is 29.6 Å². The van der Waals surface area contributed by atoms with Gasteiger partial charge in [-0.05, 0) is 24.2 Å². The number of terminal acetylenes is 1. The molecule has 1 nitrogen and oxygen atoms in total. The van der Waals surface area contributed by atoms with Gasteiger partial charge in [-0.25, -0.2) is 0 Å². The molecule has 3 heteroatoms. The molecule has 0 aliphatic rings. The zero-order chi connectivity index (χ0) is 11.3. The van der Waals surface area contributed by atoms with Crippen molar-refractivity contribution in [2.75, 3.05) is 6.54 Å². The lowest BCUT2D eigenvalue weighted by atomic mass is 10.1. The van der Waals surface area contributed by atoms with Crippen LogP contribution in [-0.4, -0.2) is 12.6 Å². The Morgan fingerprint density at radius 1 is 1.40 bits per heavy atom. The molecule has 0 saturated heterocycles. The van der Waals surface area contributed by atoms with E-state index in [1.54, 1.807) is 0 Å². The van der Waals surface area contributed by atoms with E-state index in [2.05, 4.69) is 11.2 Å². The van der Waals surface area contributed by atoms with Gasteiger partial charge >= 0.3 is 0 Å². The lowest BCUT2D eigenvalue weighted by Crippen LogP contribution is -2.29. The maximum absolute atomic E-state index is 6.05. The summed E-state index contributed by atoms with van der Waals surface area (Å²) in [6, 6.07) is 5.45. The normalized spacial score (nSPS) is 12.1. The number of rotatable bonds is 4. The highest BCUT2D eigenvalue weighted by Gasteiger charge is 2.10. The number of likely N-dealkylation sites (N-methyl/N-ethyl adjacent to an activating group) is 1. The third kappa shape index (κ3) is 3.43. The number of benzene rings is 1. The minimum atomic E-state index is -0.0209. The fourth-order valence-corrected chi connectivity index (χ4v) is 1.92. The Bertz CT molecular complexity index is 348. The minimum Gasteiger partial charge on any atom is -0.304 e. The Balaban J connectivity index is 2.84. The topological polar surface area (TPSA) is 12.0 Å². The predicted molar refractivity (Wildman–Crippen MR) is 66.5 cm³/mol. The summed E-state index contributed by atoms with van der Waals surface area (Å²) in [5, 5.41) is 4.52. The van der Waals surface area contributed by atoms with Crippen molar-refractivity contribution in [3.8, 4) is 12.3 Å². The Morgan fingerprint density at radius 2 is 2.00 bits per heavy atom. The van der Waals surface area contributed by atoms with Crippen LogP contribution in [0.2, 0.25) is 10.0 Å². The van der Waals surface area contributed by atoms with Gasteiger partial charge in [-0.2, -0.15) is 0 Å². The van der Waals surface area contributed by atoms with Crippen LogP contribution in [0.3, 0.4) is 0 Å². The van der Waals surface area contributed by atoms with Crippen molar-refractivity contribution in [1.82, 2.24) is 5.32 Å². The van der Waals surface area contributed by atoms with Crippen molar-refractivity contribution >= 4 is 23.2 Å². The summed E-state index contributed by atoms with van der Waals surface area (Å²) in [6.45, 7) is 2.84. The molecule has 0 aliphatic heterocycles. The van der Waals surface area contributed by atoms with Gasteiger partial charge in [-0.1, -0.05) is 42.1 Å². The highest BCUT2D eigenvalue weighted by molar-refractivity contribution is 6.36. The molecular weight excluding hydrogens is 229 g/mol. The monoisotopic (exact) mass is 241 g/mol. The van der Waals surface area contributed by atoms with E-state index in [0.29, 0.717) is 16.5 Å². The van der Waals surface area contributed by atoms with E-state index in [-0.39, 0.29) is 6.04 Å². The van der Waals surface area contributed by atoms with Crippen LogP contribution in [0.25, 0.3) is 0 Å². The largest absolute Gasteiger partial charge is 0.304 e. The van der Waals surface area contributed by atoms with Gasteiger partial charge in [0.05, 0.1) is 6.04 Å². The van der Waals surface area contributed by atoms with E-state index in [1.165, 1.54) is 0 Å². The summed E-state index contributed by atoms with van der Waals surface area (Å²) >= 11 is 12.1. The van der Waals surface area contributed by atoms with Gasteiger partial charge in [-0.3, -0.25) is 0 Å². The molecule has 0 heterocycles. The molecule has 1 unspecified atom stereocenters. The number of hydrogen-bond acceptors (Lipinski definition) is 1. The van der Waals surface area contributed by atoms with Crippen LogP contribution in [0, 0.1) is 12.3 Å². The molecule has 0 bridgehead atoms. The minimum absolute atomic E-state index is 0.0209. The number of nitrogens with one attached hydrogen (secondary N) is 1. The third-order valence-electron chi connectivity index (χ3n) is 2.12. The first kappa shape index (κ1) is 12.4. The molecule has 0 aliphatic carbocycles. The van der Waals surface area contributed by atoms with Gasteiger partial charge in [0.2, 0.25) is 0 Å². The Kier molecular flexibility index (Phi) is 4.98. The highest BCUT2D eigenvalue weighted by atomic mass is 35.5. The quantitative estimate of drug-likeness (QED) is 0.800. The van der Waals surface area contributed by atoms with Gasteiger partial charge in [0.1, 0.15) is 0 Å². The summed E-state index contributed by atoms with van der Waals surface area (Å²) in [4.78, 5) is 0. The van der Waals surface area contributed by atoms with E-state index in [0.717, 1.165) is 12.1 Å². The van der Waals surface area contributed by atoms with Crippen LogP contribution in [0.4, 0.5) is 0 Å². The fraction of sp³-hybridized carbons (Fsp3) is 0.333. The van der Waals surface area contributed by atoms with E-state index in [1.807, 2.05) is 25.1 Å². The maximum Gasteiger partial charge on any atom is 0.0728 e. The molecule has 1 aromatic rings. The molecule has 0 spiro atoms. The average molecular weight is 242 g/mol. The molecule has 0 amide bonds. The molecule has 80 valence electrons. The zero-order valence-corrected chi connectivity index (χ0v) is 10.1. The van der Waals surface area contributed by atoms with Crippen LogP contribution in [0.1, 0.15) is 12.5 Å². The molecule has 15 heavy (non-hydrogen) atoms. The third-order valence-corrected chi connectivity index (χ3v) is 2.83. The maximum atomic E-state index is 6.05. The van der Waals surface area contributed by atoms with E-state index >= 15 is 0 Å². The Labute approximate surface area is 101 Å². The molecule has 1 aromatic carbocycles. The molecule has 1 atom stereocenters. The average Bonchev–Trinajstić information content (AvgIpc) is 2.22. The Morgan fingerprint density at radius 3 is 2.47 bits per heavy atom. The lowest BCUT2D eigenvalue weighted by Gasteiger charge is -2.13. The van der Waals surface area contributed by atoms with Crippen molar-refractivity contribution in [1.29, 1.82) is 0 Å². The SMILES string of the molecule is C#CC(Cc1c(Cl)cccc1Cl)NCC. The molecule has 0 radical (unpaired) electrons. The van der Waals surface area contributed by atoms with Gasteiger partial charge in [0, 0.05) is 16.5 Å². The second-order valence-electron chi connectivity index (χ2n) is 3.18. The molecule has 0 aromatic heterocycles. The molecule has 0 fully saturated rings. The summed E-state index contributed by atoms with van der Waals surface area (Å²) in [6.07, 6.45) is 6.06. The zero-order valence-electron chi connectivity index (χ0n) is 8.56. The van der Waals surface area contributed by atoms with Crippen LogP contribution in [0.15, 0.2) is 18.2 Å². The molecular formula is C12H13Cl2N. The highest BCUT2D eigenvalue weighted by Crippen LogP contribution is 2.25. The van der Waals surface area contributed by atoms with Gasteiger partial charge < -0.3 is 5.32 Å². The second kappa shape index (κ2) is 6.02. The van der Waals surface area contributed by atoms with Crippen molar-refractivity contribution in [2.24, 2.45) is 0 Å². The predicted octanol–water partition coefficient (Wildman–Crippen LogP) is 3.15. The molecule has 1 rings (SSSR count). The summed E-state index contributed by atoms with van der Waals surface area (Å²) in [5.74, 6) is 2.68. The van der Waals surface area contributed by atoms with Crippen molar-refractivity contribution in [3.63, 3.8) is 0 Å². The van der Waals surface area contributed by atoms with Crippen molar-refractivity contribution in [2.45, 2.75) is 19.4 Å². The van der Waals surface area contributed by atoms with Crippen LogP contribution in [0.5, 0.6) is 0 Å². The van der Waals surface area contributed by atoms with E-state index < -0.39 is 0 Å². The first-order valence-electron chi connectivity index (χ1n) is 4.81. The van der Waals surface area contributed by atoms with Crippen molar-refractivity contribution in [3.05, 3.63) is 33.8 Å². The second-order valence-corrected chi connectivity index (χ2v) is 4.00. The standard InChI is InChI=1S/C12H13Cl2N/c1-3-9(15-4-2)8-10-11(13)6-5-7-12(10)14/h1,5-7,9,15H,4,8H2,2H3. The van der Waals surface area contributed by atoms with Gasteiger partial charge in [0.15, 0.2) is 0 Å². The lowest BCUT2D eigenvalue weighted by molar-refractivity contribution is 0.628. The van der Waals surface area contributed by atoms with Crippen molar-refractivity contribution < 1.29 is 0 Å². The van der Waals surface area contributed by atoms with Crippen LogP contribution >= 0.6 is 23.2 Å².